The first-order valence-electron chi connectivity index (χ1n) is 3.55. The van der Waals surface area contributed by atoms with E-state index in [0.717, 1.165) is 18.4 Å². The monoisotopic (exact) mass is 218 g/mol. The largest absolute Gasteiger partial charge is 0.478 e. The number of carboxylic acids is 1. The summed E-state index contributed by atoms with van der Waals surface area (Å²) in [5.74, 6) is -2.48. The highest BCUT2D eigenvalue weighted by Gasteiger charge is 2.14. The smallest absolute Gasteiger partial charge is 0.338 e. The second-order valence-corrected chi connectivity index (χ2v) is 4.73. The van der Waals surface area contributed by atoms with Crippen LogP contribution in [0.25, 0.3) is 0 Å². The fourth-order valence-electron chi connectivity index (χ4n) is 0.900. The second-order valence-electron chi connectivity index (χ2n) is 2.72. The molecule has 0 aliphatic carbocycles. The first kappa shape index (κ1) is 10.6. The van der Waals surface area contributed by atoms with Crippen LogP contribution in [0.3, 0.4) is 0 Å². The predicted octanol–water partition coefficient (Wildman–Crippen LogP) is 0.927. The van der Waals surface area contributed by atoms with Crippen molar-refractivity contribution in [2.75, 3.05) is 6.26 Å². The lowest BCUT2D eigenvalue weighted by Crippen LogP contribution is -2.03. The lowest BCUT2D eigenvalue weighted by Gasteiger charge is -2.00. The van der Waals surface area contributed by atoms with E-state index >= 15 is 0 Å². The Balaban J connectivity index is 3.34. The number of aromatic carboxylic acids is 1. The Labute approximate surface area is 79.9 Å². The summed E-state index contributed by atoms with van der Waals surface area (Å²) in [4.78, 5) is 10.2. The zero-order valence-electron chi connectivity index (χ0n) is 7.19. The van der Waals surface area contributed by atoms with Crippen molar-refractivity contribution in [2.24, 2.45) is 0 Å². The highest BCUT2D eigenvalue weighted by atomic mass is 32.2. The lowest BCUT2D eigenvalue weighted by atomic mass is 10.2. The first-order chi connectivity index (χ1) is 6.32. The molecule has 1 aromatic carbocycles. The van der Waals surface area contributed by atoms with E-state index < -0.39 is 27.2 Å². The maximum absolute atomic E-state index is 13.0. The number of hydrogen-bond acceptors (Lipinski definition) is 3. The van der Waals surface area contributed by atoms with Gasteiger partial charge in [0.2, 0.25) is 0 Å². The van der Waals surface area contributed by atoms with Crippen LogP contribution in [-0.4, -0.2) is 25.7 Å². The first-order valence-corrected chi connectivity index (χ1v) is 5.44. The van der Waals surface area contributed by atoms with Gasteiger partial charge in [0.15, 0.2) is 9.84 Å². The molecule has 0 amide bonds. The molecule has 0 aliphatic rings. The Kier molecular flexibility index (Phi) is 2.57. The van der Waals surface area contributed by atoms with Gasteiger partial charge in [0, 0.05) is 6.26 Å². The number of rotatable bonds is 2. The molecule has 0 atom stereocenters. The third-order valence-corrected chi connectivity index (χ3v) is 2.71. The van der Waals surface area contributed by atoms with Crippen molar-refractivity contribution >= 4 is 15.8 Å². The summed E-state index contributed by atoms with van der Waals surface area (Å²) in [6, 6.07) is 2.68. The van der Waals surface area contributed by atoms with Crippen molar-refractivity contribution in [1.29, 1.82) is 0 Å². The molecule has 1 N–H and O–H groups in total. The molecule has 0 saturated carbocycles. The number of carboxylic acid groups (broad SMARTS) is 1. The molecule has 1 aromatic rings. The maximum Gasteiger partial charge on any atom is 0.338 e. The van der Waals surface area contributed by atoms with Crippen LogP contribution in [0.4, 0.5) is 4.39 Å². The van der Waals surface area contributed by atoms with Gasteiger partial charge < -0.3 is 5.11 Å². The van der Waals surface area contributed by atoms with Crippen LogP contribution in [0.15, 0.2) is 23.1 Å². The molecular formula is C8H7FO4S. The van der Waals surface area contributed by atoms with E-state index in [2.05, 4.69) is 0 Å². The van der Waals surface area contributed by atoms with Gasteiger partial charge in [0.25, 0.3) is 0 Å². The summed E-state index contributed by atoms with van der Waals surface area (Å²) in [5.41, 5.74) is -0.544. The van der Waals surface area contributed by atoms with Crippen LogP contribution in [0.1, 0.15) is 10.4 Å². The van der Waals surface area contributed by atoms with Gasteiger partial charge in [-0.05, 0) is 18.2 Å². The summed E-state index contributed by atoms with van der Waals surface area (Å²) >= 11 is 0. The van der Waals surface area contributed by atoms with Crippen molar-refractivity contribution in [1.82, 2.24) is 0 Å². The standard InChI is InChI=1S/C8H7FO4S/c1-14(12,13)5-2-3-6(8(10)11)7(9)4-5/h2-4H,1H3,(H,10,11). The number of carbonyl (C=O) groups is 1. The molecule has 14 heavy (non-hydrogen) atoms. The molecule has 76 valence electrons. The molecule has 0 spiro atoms. The van der Waals surface area contributed by atoms with E-state index in [0.29, 0.717) is 6.07 Å². The van der Waals surface area contributed by atoms with E-state index in [4.69, 9.17) is 5.11 Å². The van der Waals surface area contributed by atoms with Gasteiger partial charge >= 0.3 is 5.97 Å². The zero-order chi connectivity index (χ0) is 10.9. The number of benzene rings is 1. The van der Waals surface area contributed by atoms with Gasteiger partial charge in [0.1, 0.15) is 5.82 Å². The van der Waals surface area contributed by atoms with Gasteiger partial charge in [0.05, 0.1) is 10.5 Å². The van der Waals surface area contributed by atoms with Crippen LogP contribution in [-0.2, 0) is 9.84 Å². The quantitative estimate of drug-likeness (QED) is 0.801. The SMILES string of the molecule is CS(=O)(=O)c1ccc(C(=O)O)c(F)c1. The second kappa shape index (κ2) is 3.38. The third-order valence-electron chi connectivity index (χ3n) is 1.60. The highest BCUT2D eigenvalue weighted by molar-refractivity contribution is 7.90. The summed E-state index contributed by atoms with van der Waals surface area (Å²) in [5, 5.41) is 8.47. The van der Waals surface area contributed by atoms with Crippen LogP contribution >= 0.6 is 0 Å². The van der Waals surface area contributed by atoms with E-state index in [9.17, 15) is 17.6 Å². The fraction of sp³-hybridized carbons (Fsp3) is 0.125. The molecule has 6 heteroatoms. The van der Waals surface area contributed by atoms with Crippen molar-refractivity contribution in [3.8, 4) is 0 Å². The number of hydrogen-bond donors (Lipinski definition) is 1. The fourth-order valence-corrected chi connectivity index (χ4v) is 1.53. The molecule has 0 heterocycles. The van der Waals surface area contributed by atoms with E-state index in [1.54, 1.807) is 0 Å². The Hall–Kier alpha value is -1.43. The molecule has 0 aliphatic heterocycles. The molecule has 0 aromatic heterocycles. The van der Waals surface area contributed by atoms with Gasteiger partial charge in [-0.2, -0.15) is 0 Å². The van der Waals surface area contributed by atoms with Crippen LogP contribution < -0.4 is 0 Å². The predicted molar refractivity (Wildman–Crippen MR) is 46.5 cm³/mol. The van der Waals surface area contributed by atoms with Crippen molar-refractivity contribution < 1.29 is 22.7 Å². The normalized spacial score (nSPS) is 11.3. The maximum atomic E-state index is 13.0. The number of halogens is 1. The third kappa shape index (κ3) is 2.08. The van der Waals surface area contributed by atoms with E-state index in [-0.39, 0.29) is 4.90 Å². The summed E-state index contributed by atoms with van der Waals surface area (Å²) < 4.78 is 34.9. The average molecular weight is 218 g/mol. The van der Waals surface area contributed by atoms with Gasteiger partial charge in [-0.3, -0.25) is 0 Å². The Bertz CT molecular complexity index is 478. The molecular weight excluding hydrogens is 211 g/mol. The van der Waals surface area contributed by atoms with Crippen molar-refractivity contribution in [2.45, 2.75) is 4.90 Å². The minimum Gasteiger partial charge on any atom is -0.478 e. The van der Waals surface area contributed by atoms with Gasteiger partial charge in [-0.1, -0.05) is 0 Å². The molecule has 0 fully saturated rings. The van der Waals surface area contributed by atoms with Gasteiger partial charge in [-0.15, -0.1) is 0 Å². The zero-order valence-corrected chi connectivity index (χ0v) is 8.01. The lowest BCUT2D eigenvalue weighted by molar-refractivity contribution is 0.0691. The molecule has 0 radical (unpaired) electrons. The molecule has 4 nitrogen and oxygen atoms in total. The summed E-state index contributed by atoms with van der Waals surface area (Å²) in [7, 11) is -3.50. The Morgan fingerprint density at radius 3 is 2.36 bits per heavy atom. The van der Waals surface area contributed by atoms with Crippen LogP contribution in [0.2, 0.25) is 0 Å². The molecule has 1 rings (SSSR count). The van der Waals surface area contributed by atoms with Gasteiger partial charge in [-0.25, -0.2) is 17.6 Å². The topological polar surface area (TPSA) is 71.4 Å². The van der Waals surface area contributed by atoms with Crippen molar-refractivity contribution in [3.05, 3.63) is 29.6 Å². The van der Waals surface area contributed by atoms with Crippen molar-refractivity contribution in [3.63, 3.8) is 0 Å². The minimum absolute atomic E-state index is 0.236. The average Bonchev–Trinajstić information content (AvgIpc) is 2.01. The highest BCUT2D eigenvalue weighted by Crippen LogP contribution is 2.14. The van der Waals surface area contributed by atoms with Crippen LogP contribution in [0.5, 0.6) is 0 Å². The minimum atomic E-state index is -3.50. The summed E-state index contributed by atoms with van der Waals surface area (Å²) in [6.45, 7) is 0. The Morgan fingerprint density at radius 2 is 2.00 bits per heavy atom. The van der Waals surface area contributed by atoms with Crippen LogP contribution in [0, 0.1) is 5.82 Å². The summed E-state index contributed by atoms with van der Waals surface area (Å²) in [6.07, 6.45) is 0.919. The molecule has 0 bridgehead atoms. The number of sulfone groups is 1. The Morgan fingerprint density at radius 1 is 1.43 bits per heavy atom. The van der Waals surface area contributed by atoms with E-state index in [1.807, 2.05) is 0 Å². The molecule has 0 saturated heterocycles. The van der Waals surface area contributed by atoms with E-state index in [1.165, 1.54) is 0 Å². The molecule has 0 unspecified atom stereocenters.